The number of halogens is 1. The van der Waals surface area contributed by atoms with Crippen LogP contribution in [-0.4, -0.2) is 4.98 Å². The Balaban J connectivity index is 1.99. The molecule has 0 saturated carbocycles. The van der Waals surface area contributed by atoms with Gasteiger partial charge >= 0.3 is 0 Å². The SMILES string of the molecule is N#Cc1cccnc1Nc1ccc2cc(Br)ccc2c1. The topological polar surface area (TPSA) is 48.7 Å². The van der Waals surface area contributed by atoms with Crippen LogP contribution in [-0.2, 0) is 0 Å². The lowest BCUT2D eigenvalue weighted by molar-refractivity contribution is 1.29. The van der Waals surface area contributed by atoms with E-state index in [-0.39, 0.29) is 0 Å². The number of pyridine rings is 1. The van der Waals surface area contributed by atoms with Gasteiger partial charge in [0.1, 0.15) is 11.9 Å². The second-order valence-corrected chi connectivity index (χ2v) is 5.26. The van der Waals surface area contributed by atoms with Gasteiger partial charge in [-0.15, -0.1) is 0 Å². The molecule has 0 saturated heterocycles. The molecule has 1 heterocycles. The molecule has 0 aliphatic heterocycles. The molecule has 0 bridgehead atoms. The van der Waals surface area contributed by atoms with Crippen LogP contribution >= 0.6 is 15.9 Å². The molecule has 3 aromatic rings. The minimum absolute atomic E-state index is 0.531. The molecule has 3 rings (SSSR count). The molecule has 0 radical (unpaired) electrons. The maximum absolute atomic E-state index is 9.06. The predicted molar refractivity (Wildman–Crippen MR) is 83.9 cm³/mol. The fraction of sp³-hybridized carbons (Fsp3) is 0. The summed E-state index contributed by atoms with van der Waals surface area (Å²) in [6.07, 6.45) is 1.67. The average Bonchev–Trinajstić information content (AvgIpc) is 2.48. The number of hydrogen-bond acceptors (Lipinski definition) is 3. The van der Waals surface area contributed by atoms with E-state index in [9.17, 15) is 0 Å². The van der Waals surface area contributed by atoms with E-state index in [1.54, 1.807) is 18.3 Å². The molecule has 20 heavy (non-hydrogen) atoms. The normalized spacial score (nSPS) is 10.2. The van der Waals surface area contributed by atoms with Crippen LogP contribution < -0.4 is 5.32 Å². The van der Waals surface area contributed by atoms with Crippen LogP contribution in [0.3, 0.4) is 0 Å². The van der Waals surface area contributed by atoms with E-state index >= 15 is 0 Å². The molecule has 1 N–H and O–H groups in total. The van der Waals surface area contributed by atoms with Crippen molar-refractivity contribution in [3.8, 4) is 6.07 Å². The molecule has 2 aromatic carbocycles. The number of hydrogen-bond donors (Lipinski definition) is 1. The monoisotopic (exact) mass is 323 g/mol. The van der Waals surface area contributed by atoms with Crippen molar-refractivity contribution in [2.45, 2.75) is 0 Å². The quantitative estimate of drug-likeness (QED) is 0.749. The number of nitrogens with one attached hydrogen (secondary N) is 1. The van der Waals surface area contributed by atoms with E-state index < -0.39 is 0 Å². The zero-order valence-electron chi connectivity index (χ0n) is 10.5. The first kappa shape index (κ1) is 12.6. The Bertz CT molecular complexity index is 821. The van der Waals surface area contributed by atoms with Gasteiger partial charge in [0.15, 0.2) is 0 Å². The van der Waals surface area contributed by atoms with Crippen LogP contribution in [0.25, 0.3) is 10.8 Å². The van der Waals surface area contributed by atoms with E-state index in [1.807, 2.05) is 30.3 Å². The Morgan fingerprint density at radius 1 is 1.05 bits per heavy atom. The van der Waals surface area contributed by atoms with Gasteiger partial charge in [0, 0.05) is 16.4 Å². The lowest BCUT2D eigenvalue weighted by atomic mass is 10.1. The van der Waals surface area contributed by atoms with Crippen molar-refractivity contribution in [1.29, 1.82) is 5.26 Å². The number of aromatic nitrogens is 1. The third-order valence-electron chi connectivity index (χ3n) is 2.99. The van der Waals surface area contributed by atoms with Crippen molar-refractivity contribution in [1.82, 2.24) is 4.98 Å². The molecular formula is C16H10BrN3. The molecule has 96 valence electrons. The summed E-state index contributed by atoms with van der Waals surface area (Å²) in [7, 11) is 0. The molecular weight excluding hydrogens is 314 g/mol. The summed E-state index contributed by atoms with van der Waals surface area (Å²) in [5, 5.41) is 14.5. The van der Waals surface area contributed by atoms with E-state index in [0.717, 1.165) is 20.9 Å². The summed E-state index contributed by atoms with van der Waals surface area (Å²) in [5.41, 5.74) is 1.44. The summed E-state index contributed by atoms with van der Waals surface area (Å²) in [4.78, 5) is 4.20. The van der Waals surface area contributed by atoms with Gasteiger partial charge in [-0.05, 0) is 47.2 Å². The highest BCUT2D eigenvalue weighted by atomic mass is 79.9. The van der Waals surface area contributed by atoms with Crippen LogP contribution in [0.1, 0.15) is 5.56 Å². The van der Waals surface area contributed by atoms with Crippen LogP contribution in [0.2, 0.25) is 0 Å². The Morgan fingerprint density at radius 2 is 1.85 bits per heavy atom. The van der Waals surface area contributed by atoms with Crippen LogP contribution in [0.5, 0.6) is 0 Å². The van der Waals surface area contributed by atoms with Crippen LogP contribution in [0.4, 0.5) is 11.5 Å². The molecule has 0 aliphatic carbocycles. The van der Waals surface area contributed by atoms with Crippen molar-refractivity contribution < 1.29 is 0 Å². The highest BCUT2D eigenvalue weighted by molar-refractivity contribution is 9.10. The van der Waals surface area contributed by atoms with E-state index in [2.05, 4.69) is 38.4 Å². The van der Waals surface area contributed by atoms with Crippen LogP contribution in [0.15, 0.2) is 59.2 Å². The molecule has 4 heteroatoms. The van der Waals surface area contributed by atoms with Crippen molar-refractivity contribution >= 4 is 38.2 Å². The summed E-state index contributed by atoms with van der Waals surface area (Å²) >= 11 is 3.46. The Labute approximate surface area is 125 Å². The van der Waals surface area contributed by atoms with Gasteiger partial charge < -0.3 is 5.32 Å². The minimum Gasteiger partial charge on any atom is -0.339 e. The van der Waals surface area contributed by atoms with Crippen molar-refractivity contribution in [3.63, 3.8) is 0 Å². The lowest BCUT2D eigenvalue weighted by Crippen LogP contribution is -1.96. The van der Waals surface area contributed by atoms with Crippen molar-refractivity contribution in [2.75, 3.05) is 5.32 Å². The van der Waals surface area contributed by atoms with Crippen LogP contribution in [0, 0.1) is 11.3 Å². The third kappa shape index (κ3) is 2.49. The molecule has 0 fully saturated rings. The van der Waals surface area contributed by atoms with Gasteiger partial charge in [0.25, 0.3) is 0 Å². The van der Waals surface area contributed by atoms with Gasteiger partial charge in [-0.2, -0.15) is 5.26 Å². The fourth-order valence-corrected chi connectivity index (χ4v) is 2.40. The lowest BCUT2D eigenvalue weighted by Gasteiger charge is -2.08. The summed E-state index contributed by atoms with van der Waals surface area (Å²) < 4.78 is 1.06. The summed E-state index contributed by atoms with van der Waals surface area (Å²) in [5.74, 6) is 0.575. The number of benzene rings is 2. The zero-order chi connectivity index (χ0) is 13.9. The summed E-state index contributed by atoms with van der Waals surface area (Å²) in [6, 6.07) is 17.8. The Kier molecular flexibility index (Phi) is 3.36. The molecule has 0 aliphatic rings. The molecule has 0 amide bonds. The first-order valence-electron chi connectivity index (χ1n) is 6.08. The Hall–Kier alpha value is -2.38. The molecule has 3 nitrogen and oxygen atoms in total. The number of fused-ring (bicyclic) bond motifs is 1. The van der Waals surface area contributed by atoms with Crippen molar-refractivity contribution in [2.24, 2.45) is 0 Å². The van der Waals surface area contributed by atoms with Gasteiger partial charge in [0.05, 0.1) is 5.56 Å². The average molecular weight is 324 g/mol. The zero-order valence-corrected chi connectivity index (χ0v) is 12.1. The third-order valence-corrected chi connectivity index (χ3v) is 3.49. The first-order valence-corrected chi connectivity index (χ1v) is 6.87. The minimum atomic E-state index is 0.531. The number of anilines is 2. The maximum Gasteiger partial charge on any atom is 0.148 e. The largest absolute Gasteiger partial charge is 0.339 e. The number of nitriles is 1. The van der Waals surface area contributed by atoms with Gasteiger partial charge in [-0.1, -0.05) is 28.1 Å². The number of rotatable bonds is 2. The second kappa shape index (κ2) is 5.32. The summed E-state index contributed by atoms with van der Waals surface area (Å²) in [6.45, 7) is 0. The highest BCUT2D eigenvalue weighted by Gasteiger charge is 2.03. The predicted octanol–water partition coefficient (Wildman–Crippen LogP) is 4.61. The van der Waals surface area contributed by atoms with E-state index in [0.29, 0.717) is 11.4 Å². The Morgan fingerprint density at radius 3 is 2.70 bits per heavy atom. The standard InChI is InChI=1S/C16H10BrN3/c17-14-5-3-12-9-15(6-4-11(12)8-14)20-16-13(10-18)2-1-7-19-16/h1-9H,(H,19,20). The van der Waals surface area contributed by atoms with Gasteiger partial charge in [0.2, 0.25) is 0 Å². The smallest absolute Gasteiger partial charge is 0.148 e. The molecule has 0 atom stereocenters. The van der Waals surface area contributed by atoms with Gasteiger partial charge in [-0.3, -0.25) is 0 Å². The fourth-order valence-electron chi connectivity index (χ4n) is 2.03. The second-order valence-electron chi connectivity index (χ2n) is 4.34. The van der Waals surface area contributed by atoms with Gasteiger partial charge in [-0.25, -0.2) is 4.98 Å². The van der Waals surface area contributed by atoms with Crippen molar-refractivity contribution in [3.05, 3.63) is 64.8 Å². The van der Waals surface area contributed by atoms with E-state index in [4.69, 9.17) is 5.26 Å². The molecule has 0 unspecified atom stereocenters. The number of nitrogens with zero attached hydrogens (tertiary/aromatic N) is 2. The maximum atomic E-state index is 9.06. The first-order chi connectivity index (χ1) is 9.76. The van der Waals surface area contributed by atoms with E-state index in [1.165, 1.54) is 0 Å². The molecule has 0 spiro atoms. The molecule has 1 aromatic heterocycles. The highest BCUT2D eigenvalue weighted by Crippen LogP contribution is 2.25.